The molecule has 93 valence electrons. The van der Waals surface area contributed by atoms with Gasteiger partial charge in [-0.15, -0.1) is 0 Å². The van der Waals surface area contributed by atoms with Crippen molar-refractivity contribution in [3.8, 4) is 5.75 Å². The Kier molecular flexibility index (Phi) is 2.94. The summed E-state index contributed by atoms with van der Waals surface area (Å²) in [5, 5.41) is 28.8. The topological polar surface area (TPSA) is 83.1 Å². The molecule has 1 heterocycles. The number of benzene rings is 2. The van der Waals surface area contributed by atoms with Gasteiger partial charge < -0.3 is 24.1 Å². The third-order valence-electron chi connectivity index (χ3n) is 2.97. The van der Waals surface area contributed by atoms with E-state index in [1.165, 1.54) is 0 Å². The average Bonchev–Trinajstić information content (AvgIpc) is 2.78. The normalized spacial score (nSPS) is 10.9. The van der Waals surface area contributed by atoms with Crippen LogP contribution in [0.2, 0.25) is 0 Å². The number of hydrogen-bond acceptors (Lipinski definition) is 5. The molecule has 3 aromatic rings. The van der Waals surface area contributed by atoms with Crippen LogP contribution in [-0.4, -0.2) is 29.9 Å². The maximum atomic E-state index is 9.44. The highest BCUT2D eigenvalue weighted by atomic mass is 16.5. The van der Waals surface area contributed by atoms with E-state index in [0.29, 0.717) is 40.8 Å². The van der Waals surface area contributed by atoms with Gasteiger partial charge in [0.1, 0.15) is 16.9 Å². The lowest BCUT2D eigenvalue weighted by atomic mass is 9.77. The molecule has 5 nitrogen and oxygen atoms in total. The number of hydrogen-bond donors (Lipinski definition) is 3. The standard InChI is InChI=1S/C12H9B2O5/c15-13-19-10-6-2-5-9-12(10)11-7(14(16)17)3-1-4-8(11)18-9/h1-6,15-17H. The fraction of sp³-hybridized carbons (Fsp3) is 0. The lowest BCUT2D eigenvalue weighted by molar-refractivity contribution is 0.426. The molecule has 19 heavy (non-hydrogen) atoms. The zero-order valence-electron chi connectivity index (χ0n) is 9.78. The summed E-state index contributed by atoms with van der Waals surface area (Å²) in [7, 11) is -1.04. The Hall–Kier alpha value is -1.95. The van der Waals surface area contributed by atoms with Crippen LogP contribution in [0.4, 0.5) is 0 Å². The molecule has 7 heteroatoms. The fourth-order valence-corrected chi connectivity index (χ4v) is 2.23. The molecule has 0 atom stereocenters. The first kappa shape index (κ1) is 12.1. The van der Waals surface area contributed by atoms with Crippen molar-refractivity contribution in [2.24, 2.45) is 0 Å². The number of fused-ring (bicyclic) bond motifs is 3. The molecule has 0 aliphatic heterocycles. The largest absolute Gasteiger partial charge is 0.569 e. The van der Waals surface area contributed by atoms with Crippen molar-refractivity contribution in [2.45, 2.75) is 0 Å². The van der Waals surface area contributed by atoms with Crippen LogP contribution in [0.5, 0.6) is 5.75 Å². The Balaban J connectivity index is 2.45. The molecule has 0 fully saturated rings. The Morgan fingerprint density at radius 1 is 1.00 bits per heavy atom. The molecule has 0 unspecified atom stereocenters. The second-order valence-electron chi connectivity index (χ2n) is 4.05. The highest BCUT2D eigenvalue weighted by molar-refractivity contribution is 6.63. The van der Waals surface area contributed by atoms with Crippen LogP contribution >= 0.6 is 0 Å². The van der Waals surface area contributed by atoms with Gasteiger partial charge >= 0.3 is 14.8 Å². The van der Waals surface area contributed by atoms with E-state index in [2.05, 4.69) is 0 Å². The fourth-order valence-electron chi connectivity index (χ4n) is 2.23. The van der Waals surface area contributed by atoms with Crippen LogP contribution < -0.4 is 10.1 Å². The van der Waals surface area contributed by atoms with Gasteiger partial charge in [0.15, 0.2) is 0 Å². The van der Waals surface area contributed by atoms with Crippen LogP contribution in [0.1, 0.15) is 0 Å². The van der Waals surface area contributed by atoms with Gasteiger partial charge in [0.05, 0.1) is 5.39 Å². The highest BCUT2D eigenvalue weighted by Gasteiger charge is 2.21. The summed E-state index contributed by atoms with van der Waals surface area (Å²) in [6, 6.07) is 10.1. The molecule has 0 saturated carbocycles. The third-order valence-corrected chi connectivity index (χ3v) is 2.97. The molecule has 0 bridgehead atoms. The number of rotatable bonds is 3. The summed E-state index contributed by atoms with van der Waals surface area (Å²) in [6.45, 7) is 0. The SMILES string of the molecule is O[B]Oc1cccc2oc3cccc(B(O)O)c3c12. The maximum absolute atomic E-state index is 9.44. The maximum Gasteiger partial charge on any atom is 0.569 e. The van der Waals surface area contributed by atoms with Crippen LogP contribution in [0.15, 0.2) is 40.8 Å². The van der Waals surface area contributed by atoms with E-state index in [1.807, 2.05) is 0 Å². The molecule has 0 spiro atoms. The van der Waals surface area contributed by atoms with Gasteiger partial charge in [0, 0.05) is 5.39 Å². The van der Waals surface area contributed by atoms with Crippen molar-refractivity contribution in [3.63, 3.8) is 0 Å². The van der Waals surface area contributed by atoms with Crippen LogP contribution in [-0.2, 0) is 0 Å². The summed E-state index contributed by atoms with van der Waals surface area (Å²) >= 11 is 0. The zero-order chi connectivity index (χ0) is 13.4. The Morgan fingerprint density at radius 2 is 1.68 bits per heavy atom. The van der Waals surface area contributed by atoms with E-state index in [9.17, 15) is 10.0 Å². The van der Waals surface area contributed by atoms with Crippen molar-refractivity contribution >= 4 is 42.2 Å². The van der Waals surface area contributed by atoms with Gasteiger partial charge in [0.25, 0.3) is 0 Å². The molecule has 3 N–H and O–H groups in total. The van der Waals surface area contributed by atoms with Crippen LogP contribution in [0.3, 0.4) is 0 Å². The minimum atomic E-state index is -1.62. The van der Waals surface area contributed by atoms with Gasteiger partial charge in [-0.1, -0.05) is 18.2 Å². The molecule has 2 aromatic carbocycles. The van der Waals surface area contributed by atoms with E-state index in [4.69, 9.17) is 14.1 Å². The Morgan fingerprint density at radius 3 is 2.37 bits per heavy atom. The van der Waals surface area contributed by atoms with Gasteiger partial charge in [-0.05, 0) is 23.7 Å². The molecule has 3 rings (SSSR count). The molecule has 1 aromatic heterocycles. The summed E-state index contributed by atoms with van der Waals surface area (Å²) in [4.78, 5) is 0. The zero-order valence-corrected chi connectivity index (χ0v) is 9.78. The van der Waals surface area contributed by atoms with E-state index in [0.717, 1.165) is 0 Å². The molecule has 0 saturated heterocycles. The lowest BCUT2D eigenvalue weighted by Gasteiger charge is -2.05. The van der Waals surface area contributed by atoms with Gasteiger partial charge in [-0.3, -0.25) is 0 Å². The Labute approximate surface area is 109 Å². The minimum Gasteiger partial charge on any atom is -0.537 e. The van der Waals surface area contributed by atoms with Crippen LogP contribution in [0, 0.1) is 0 Å². The van der Waals surface area contributed by atoms with Crippen molar-refractivity contribution < 1.29 is 24.1 Å². The Bertz CT molecular complexity index is 737. The first-order valence-corrected chi connectivity index (χ1v) is 5.65. The molecule has 0 aliphatic carbocycles. The average molecular weight is 255 g/mol. The molecular weight excluding hydrogens is 246 g/mol. The molecular formula is C12H9B2O5. The summed E-state index contributed by atoms with van der Waals surface area (Å²) in [6.07, 6.45) is 0. The summed E-state index contributed by atoms with van der Waals surface area (Å²) in [5.41, 5.74) is 1.39. The van der Waals surface area contributed by atoms with E-state index in [1.54, 1.807) is 36.4 Å². The predicted molar refractivity (Wildman–Crippen MR) is 72.1 cm³/mol. The van der Waals surface area contributed by atoms with Crippen LogP contribution in [0.25, 0.3) is 21.9 Å². The first-order chi connectivity index (χ1) is 9.22. The summed E-state index contributed by atoms with van der Waals surface area (Å²) in [5.74, 6) is 0.381. The van der Waals surface area contributed by atoms with Crippen molar-refractivity contribution in [3.05, 3.63) is 36.4 Å². The van der Waals surface area contributed by atoms with E-state index >= 15 is 0 Å². The predicted octanol–water partition coefficient (Wildman–Crippen LogP) is 0.171. The smallest absolute Gasteiger partial charge is 0.537 e. The van der Waals surface area contributed by atoms with E-state index < -0.39 is 7.12 Å². The lowest BCUT2D eigenvalue weighted by Crippen LogP contribution is -2.30. The monoisotopic (exact) mass is 255 g/mol. The second-order valence-corrected chi connectivity index (χ2v) is 4.05. The van der Waals surface area contributed by atoms with Gasteiger partial charge in [0.2, 0.25) is 0 Å². The van der Waals surface area contributed by atoms with Crippen molar-refractivity contribution in [1.82, 2.24) is 0 Å². The molecule has 0 aliphatic rings. The summed E-state index contributed by atoms with van der Waals surface area (Å²) < 4.78 is 10.7. The quantitative estimate of drug-likeness (QED) is 0.581. The highest BCUT2D eigenvalue weighted by Crippen LogP contribution is 2.34. The van der Waals surface area contributed by atoms with E-state index in [-0.39, 0.29) is 0 Å². The third kappa shape index (κ3) is 1.88. The van der Waals surface area contributed by atoms with Gasteiger partial charge in [-0.2, -0.15) is 0 Å². The van der Waals surface area contributed by atoms with Gasteiger partial charge in [-0.25, -0.2) is 0 Å². The first-order valence-electron chi connectivity index (χ1n) is 5.65. The van der Waals surface area contributed by atoms with Crippen molar-refractivity contribution in [2.75, 3.05) is 0 Å². The molecule has 0 amide bonds. The van der Waals surface area contributed by atoms with Crippen molar-refractivity contribution in [1.29, 1.82) is 0 Å². The number of furan rings is 1. The molecule has 1 radical (unpaired) electrons. The minimum absolute atomic E-state index is 0.324. The second kappa shape index (κ2) is 4.62.